The number of aliphatic hydroxyl groups is 1. The predicted octanol–water partition coefficient (Wildman–Crippen LogP) is 4.99. The van der Waals surface area contributed by atoms with Gasteiger partial charge in [0, 0.05) is 4.47 Å². The van der Waals surface area contributed by atoms with Gasteiger partial charge in [0.05, 0.1) is 6.10 Å². The van der Waals surface area contributed by atoms with Crippen LogP contribution in [-0.2, 0) is 0 Å². The fraction of sp³-hybridized carbons (Fsp3) is 0.250. The van der Waals surface area contributed by atoms with Crippen LogP contribution in [0.2, 0.25) is 0 Å². The lowest BCUT2D eigenvalue weighted by Gasteiger charge is -2.11. The van der Waals surface area contributed by atoms with E-state index in [2.05, 4.69) is 15.9 Å². The van der Waals surface area contributed by atoms with Crippen LogP contribution in [0.5, 0.6) is 11.5 Å². The molecule has 0 saturated heterocycles. The summed E-state index contributed by atoms with van der Waals surface area (Å²) >= 11 is 3.44. The van der Waals surface area contributed by atoms with Crippen LogP contribution in [0.1, 0.15) is 30.6 Å². The molecule has 1 N–H and O–H groups in total. The van der Waals surface area contributed by atoms with E-state index < -0.39 is 6.10 Å². The van der Waals surface area contributed by atoms with E-state index in [0.29, 0.717) is 6.42 Å². The molecule has 0 bridgehead atoms. The first kappa shape index (κ1) is 14.1. The number of aryl methyl sites for hydroxylation is 1. The van der Waals surface area contributed by atoms with Crippen LogP contribution < -0.4 is 4.74 Å². The van der Waals surface area contributed by atoms with Crippen LogP contribution >= 0.6 is 15.9 Å². The summed E-state index contributed by atoms with van der Waals surface area (Å²) in [6.45, 7) is 3.97. The molecule has 0 spiro atoms. The first-order valence-corrected chi connectivity index (χ1v) is 7.11. The molecule has 19 heavy (non-hydrogen) atoms. The summed E-state index contributed by atoms with van der Waals surface area (Å²) in [5.41, 5.74) is 2.00. The van der Waals surface area contributed by atoms with Gasteiger partial charge in [0.2, 0.25) is 0 Å². The highest BCUT2D eigenvalue weighted by Crippen LogP contribution is 2.29. The van der Waals surface area contributed by atoms with Gasteiger partial charge < -0.3 is 9.84 Å². The minimum absolute atomic E-state index is 0.401. The maximum atomic E-state index is 9.74. The molecule has 2 nitrogen and oxygen atoms in total. The van der Waals surface area contributed by atoms with Crippen LogP contribution in [-0.4, -0.2) is 5.11 Å². The molecule has 0 aliphatic carbocycles. The van der Waals surface area contributed by atoms with Gasteiger partial charge in [-0.2, -0.15) is 0 Å². The zero-order chi connectivity index (χ0) is 13.8. The van der Waals surface area contributed by atoms with E-state index >= 15 is 0 Å². The summed E-state index contributed by atoms with van der Waals surface area (Å²) in [4.78, 5) is 0. The molecule has 0 fully saturated rings. The topological polar surface area (TPSA) is 29.5 Å². The monoisotopic (exact) mass is 320 g/mol. The summed E-state index contributed by atoms with van der Waals surface area (Å²) in [6.07, 6.45) is 0.312. The van der Waals surface area contributed by atoms with Gasteiger partial charge >= 0.3 is 0 Å². The first-order valence-electron chi connectivity index (χ1n) is 6.32. The number of hydrogen-bond acceptors (Lipinski definition) is 2. The average Bonchev–Trinajstić information content (AvgIpc) is 2.43. The fourth-order valence-electron chi connectivity index (χ4n) is 1.80. The molecule has 2 aromatic carbocycles. The van der Waals surface area contributed by atoms with Gasteiger partial charge in [-0.1, -0.05) is 41.1 Å². The minimum Gasteiger partial charge on any atom is -0.457 e. The van der Waals surface area contributed by atoms with Gasteiger partial charge in [0.25, 0.3) is 0 Å². The SMILES string of the molecule is CCC(O)c1ccc(Oc2cc(Br)ccc2C)cc1. The van der Waals surface area contributed by atoms with Gasteiger partial charge in [0.1, 0.15) is 11.5 Å². The van der Waals surface area contributed by atoms with Crippen molar-refractivity contribution in [2.75, 3.05) is 0 Å². The van der Waals surface area contributed by atoms with Crippen LogP contribution in [0.15, 0.2) is 46.9 Å². The molecule has 0 radical (unpaired) electrons. The average molecular weight is 321 g/mol. The van der Waals surface area contributed by atoms with Crippen molar-refractivity contribution in [3.05, 3.63) is 58.1 Å². The second kappa shape index (κ2) is 6.22. The molecule has 2 rings (SSSR count). The second-order valence-electron chi connectivity index (χ2n) is 4.50. The molecule has 2 aromatic rings. The maximum Gasteiger partial charge on any atom is 0.131 e. The Morgan fingerprint density at radius 3 is 2.47 bits per heavy atom. The van der Waals surface area contributed by atoms with Crippen molar-refractivity contribution >= 4 is 15.9 Å². The van der Waals surface area contributed by atoms with E-state index in [4.69, 9.17) is 4.74 Å². The van der Waals surface area contributed by atoms with Crippen LogP contribution in [0.25, 0.3) is 0 Å². The highest BCUT2D eigenvalue weighted by atomic mass is 79.9. The standard InChI is InChI=1S/C16H17BrO2/c1-3-15(18)12-5-8-14(9-6-12)19-16-10-13(17)7-4-11(16)2/h4-10,15,18H,3H2,1-2H3. The minimum atomic E-state index is -0.401. The van der Waals surface area contributed by atoms with Crippen molar-refractivity contribution in [3.63, 3.8) is 0 Å². The van der Waals surface area contributed by atoms with Crippen LogP contribution in [0.4, 0.5) is 0 Å². The molecule has 100 valence electrons. The zero-order valence-corrected chi connectivity index (χ0v) is 12.6. The van der Waals surface area contributed by atoms with Crippen LogP contribution in [0, 0.1) is 6.92 Å². The highest BCUT2D eigenvalue weighted by Gasteiger charge is 2.06. The van der Waals surface area contributed by atoms with E-state index in [1.54, 1.807) is 0 Å². The second-order valence-corrected chi connectivity index (χ2v) is 5.42. The predicted molar refractivity (Wildman–Crippen MR) is 80.6 cm³/mol. The lowest BCUT2D eigenvalue weighted by molar-refractivity contribution is 0.173. The number of rotatable bonds is 4. The Morgan fingerprint density at radius 2 is 1.84 bits per heavy atom. The van der Waals surface area contributed by atoms with E-state index in [1.807, 2.05) is 56.3 Å². The van der Waals surface area contributed by atoms with Gasteiger partial charge in [-0.15, -0.1) is 0 Å². The third kappa shape index (κ3) is 3.58. The van der Waals surface area contributed by atoms with Crippen molar-refractivity contribution in [1.29, 1.82) is 0 Å². The van der Waals surface area contributed by atoms with Gasteiger partial charge in [0.15, 0.2) is 0 Å². The summed E-state index contributed by atoms with van der Waals surface area (Å²) in [5, 5.41) is 9.74. The van der Waals surface area contributed by atoms with Crippen LogP contribution in [0.3, 0.4) is 0 Å². The summed E-state index contributed by atoms with van der Waals surface area (Å²) in [7, 11) is 0. The number of hydrogen-bond donors (Lipinski definition) is 1. The highest BCUT2D eigenvalue weighted by molar-refractivity contribution is 9.10. The van der Waals surface area contributed by atoms with E-state index in [0.717, 1.165) is 27.1 Å². The maximum absolute atomic E-state index is 9.74. The number of halogens is 1. The molecule has 0 aliphatic heterocycles. The fourth-order valence-corrected chi connectivity index (χ4v) is 2.14. The summed E-state index contributed by atoms with van der Waals surface area (Å²) in [5.74, 6) is 1.60. The smallest absolute Gasteiger partial charge is 0.131 e. The van der Waals surface area contributed by atoms with Crippen molar-refractivity contribution < 1.29 is 9.84 Å². The Balaban J connectivity index is 2.17. The lowest BCUT2D eigenvalue weighted by Crippen LogP contribution is -1.95. The van der Waals surface area contributed by atoms with E-state index in [9.17, 15) is 5.11 Å². The third-order valence-electron chi connectivity index (χ3n) is 3.03. The Morgan fingerprint density at radius 1 is 1.16 bits per heavy atom. The molecular formula is C16H17BrO2. The molecule has 0 aliphatic rings. The molecule has 3 heteroatoms. The number of ether oxygens (including phenoxy) is 1. The Labute approximate surface area is 122 Å². The normalized spacial score (nSPS) is 12.2. The first-order chi connectivity index (χ1) is 9.10. The summed E-state index contributed by atoms with van der Waals surface area (Å²) < 4.78 is 6.84. The Bertz CT molecular complexity index is 549. The van der Waals surface area contributed by atoms with Gasteiger partial charge in [-0.05, 0) is 48.7 Å². The van der Waals surface area contributed by atoms with E-state index in [1.165, 1.54) is 0 Å². The molecule has 0 heterocycles. The summed E-state index contributed by atoms with van der Waals surface area (Å²) in [6, 6.07) is 13.5. The van der Waals surface area contributed by atoms with Crippen molar-refractivity contribution in [3.8, 4) is 11.5 Å². The Hall–Kier alpha value is -1.32. The largest absolute Gasteiger partial charge is 0.457 e. The van der Waals surface area contributed by atoms with Crippen molar-refractivity contribution in [1.82, 2.24) is 0 Å². The van der Waals surface area contributed by atoms with Gasteiger partial charge in [-0.3, -0.25) is 0 Å². The van der Waals surface area contributed by atoms with Crippen molar-refractivity contribution in [2.24, 2.45) is 0 Å². The molecule has 0 aromatic heterocycles. The van der Waals surface area contributed by atoms with Crippen molar-refractivity contribution in [2.45, 2.75) is 26.4 Å². The molecule has 0 saturated carbocycles. The molecule has 1 unspecified atom stereocenters. The lowest BCUT2D eigenvalue weighted by atomic mass is 10.1. The van der Waals surface area contributed by atoms with Gasteiger partial charge in [-0.25, -0.2) is 0 Å². The number of aliphatic hydroxyl groups excluding tert-OH is 1. The molecular weight excluding hydrogens is 304 g/mol. The number of benzene rings is 2. The zero-order valence-electron chi connectivity index (χ0n) is 11.1. The van der Waals surface area contributed by atoms with E-state index in [-0.39, 0.29) is 0 Å². The molecule has 1 atom stereocenters. The quantitative estimate of drug-likeness (QED) is 0.859. The Kier molecular flexibility index (Phi) is 4.61. The third-order valence-corrected chi connectivity index (χ3v) is 3.52. The molecule has 0 amide bonds.